The zero-order valence-corrected chi connectivity index (χ0v) is 14.2. The highest BCUT2D eigenvalue weighted by molar-refractivity contribution is 5.90. The van der Waals surface area contributed by atoms with Crippen molar-refractivity contribution in [3.63, 3.8) is 0 Å². The van der Waals surface area contributed by atoms with Crippen molar-refractivity contribution < 1.29 is 15.0 Å². The van der Waals surface area contributed by atoms with E-state index in [4.69, 9.17) is 0 Å². The number of rotatable bonds is 5. The van der Waals surface area contributed by atoms with Crippen molar-refractivity contribution in [2.75, 3.05) is 32.1 Å². The monoisotopic (exact) mass is 308 g/mol. The smallest absolute Gasteiger partial charge is 0.321 e. The van der Waals surface area contributed by atoms with Gasteiger partial charge in [-0.05, 0) is 17.0 Å². The average molecular weight is 308 g/mol. The van der Waals surface area contributed by atoms with Crippen molar-refractivity contribution >= 4 is 11.7 Å². The SMILES string of the molecule is CN(CC(C)(CO)CO)C(=O)Nc1ccccc1C(C)(C)C. The minimum atomic E-state index is -0.713. The third kappa shape index (κ3) is 4.71. The Morgan fingerprint density at radius 2 is 1.68 bits per heavy atom. The van der Waals surface area contributed by atoms with Crippen LogP contribution in [0.2, 0.25) is 0 Å². The van der Waals surface area contributed by atoms with Gasteiger partial charge in [0.05, 0.1) is 13.2 Å². The number of aliphatic hydroxyl groups is 2. The van der Waals surface area contributed by atoms with E-state index in [1.54, 1.807) is 14.0 Å². The molecular weight excluding hydrogens is 280 g/mol. The molecule has 0 bridgehead atoms. The van der Waals surface area contributed by atoms with Gasteiger partial charge < -0.3 is 20.4 Å². The fourth-order valence-corrected chi connectivity index (χ4v) is 2.25. The lowest BCUT2D eigenvalue weighted by Gasteiger charge is -2.31. The molecule has 1 rings (SSSR count). The van der Waals surface area contributed by atoms with Gasteiger partial charge in [-0.25, -0.2) is 4.79 Å². The van der Waals surface area contributed by atoms with Crippen molar-refractivity contribution in [1.29, 1.82) is 0 Å². The topological polar surface area (TPSA) is 72.8 Å². The van der Waals surface area contributed by atoms with E-state index in [0.29, 0.717) is 0 Å². The van der Waals surface area contributed by atoms with Crippen LogP contribution >= 0.6 is 0 Å². The molecule has 0 unspecified atom stereocenters. The molecule has 0 heterocycles. The Bertz CT molecular complexity index is 505. The van der Waals surface area contributed by atoms with Crippen LogP contribution in [-0.4, -0.2) is 48.0 Å². The van der Waals surface area contributed by atoms with Crippen LogP contribution < -0.4 is 5.32 Å². The highest BCUT2D eigenvalue weighted by atomic mass is 16.3. The van der Waals surface area contributed by atoms with E-state index < -0.39 is 5.41 Å². The normalized spacial score (nSPS) is 12.1. The Morgan fingerprint density at radius 3 is 2.18 bits per heavy atom. The summed E-state index contributed by atoms with van der Waals surface area (Å²) in [6, 6.07) is 7.46. The highest BCUT2D eigenvalue weighted by Crippen LogP contribution is 2.29. The minimum Gasteiger partial charge on any atom is -0.396 e. The van der Waals surface area contributed by atoms with Crippen molar-refractivity contribution in [2.45, 2.75) is 33.1 Å². The Balaban J connectivity index is 2.86. The number of amides is 2. The number of hydrogen-bond donors (Lipinski definition) is 3. The largest absolute Gasteiger partial charge is 0.396 e. The van der Waals surface area contributed by atoms with Gasteiger partial charge in [-0.2, -0.15) is 0 Å². The van der Waals surface area contributed by atoms with Crippen molar-refractivity contribution in [2.24, 2.45) is 5.41 Å². The molecule has 22 heavy (non-hydrogen) atoms. The van der Waals surface area contributed by atoms with Crippen LogP contribution in [0.1, 0.15) is 33.3 Å². The number of benzene rings is 1. The van der Waals surface area contributed by atoms with E-state index in [9.17, 15) is 15.0 Å². The summed E-state index contributed by atoms with van der Waals surface area (Å²) in [5.74, 6) is 0. The molecule has 5 heteroatoms. The predicted octanol–water partition coefficient (Wildman–Crippen LogP) is 2.44. The molecule has 0 atom stereocenters. The van der Waals surface area contributed by atoms with E-state index in [0.717, 1.165) is 11.3 Å². The molecule has 1 aromatic rings. The van der Waals surface area contributed by atoms with Gasteiger partial charge in [-0.3, -0.25) is 0 Å². The van der Waals surface area contributed by atoms with Gasteiger partial charge in [-0.15, -0.1) is 0 Å². The number of nitrogens with zero attached hydrogens (tertiary/aromatic N) is 1. The molecule has 0 spiro atoms. The Morgan fingerprint density at radius 1 is 1.14 bits per heavy atom. The number of urea groups is 1. The first kappa shape index (κ1) is 18.5. The third-order valence-electron chi connectivity index (χ3n) is 3.71. The Labute approximate surface area is 133 Å². The predicted molar refractivity (Wildman–Crippen MR) is 89.1 cm³/mol. The molecule has 124 valence electrons. The molecule has 2 amide bonds. The van der Waals surface area contributed by atoms with Crippen molar-refractivity contribution in [3.8, 4) is 0 Å². The summed E-state index contributed by atoms with van der Waals surface area (Å²) < 4.78 is 0. The van der Waals surface area contributed by atoms with Crippen LogP contribution in [0.3, 0.4) is 0 Å². The van der Waals surface area contributed by atoms with E-state index in [1.807, 2.05) is 24.3 Å². The molecule has 1 aromatic carbocycles. The highest BCUT2D eigenvalue weighted by Gasteiger charge is 2.27. The lowest BCUT2D eigenvalue weighted by atomic mass is 9.86. The molecule has 3 N–H and O–H groups in total. The van der Waals surface area contributed by atoms with E-state index in [-0.39, 0.29) is 31.2 Å². The summed E-state index contributed by atoms with van der Waals surface area (Å²) in [5.41, 5.74) is 1.05. The summed E-state index contributed by atoms with van der Waals surface area (Å²) in [7, 11) is 1.65. The average Bonchev–Trinajstić information content (AvgIpc) is 2.46. The first-order valence-corrected chi connectivity index (χ1v) is 7.46. The molecule has 0 aliphatic heterocycles. The van der Waals surface area contributed by atoms with Gasteiger partial charge in [0.25, 0.3) is 0 Å². The lowest BCUT2D eigenvalue weighted by Crippen LogP contribution is -2.43. The standard InChI is InChI=1S/C17H28N2O3/c1-16(2,3)13-8-6-7-9-14(13)18-15(22)19(5)10-17(4,11-20)12-21/h6-9,20-21H,10-12H2,1-5H3,(H,18,22). The van der Waals surface area contributed by atoms with Gasteiger partial charge in [0, 0.05) is 24.7 Å². The number of aliphatic hydroxyl groups excluding tert-OH is 2. The second kappa shape index (κ2) is 7.11. The molecule has 0 aliphatic rings. The van der Waals surface area contributed by atoms with Gasteiger partial charge in [0.2, 0.25) is 0 Å². The molecular formula is C17H28N2O3. The van der Waals surface area contributed by atoms with Gasteiger partial charge in [0.15, 0.2) is 0 Å². The van der Waals surface area contributed by atoms with Gasteiger partial charge in [-0.1, -0.05) is 45.9 Å². The van der Waals surface area contributed by atoms with Gasteiger partial charge in [0.1, 0.15) is 0 Å². The second-order valence-electron chi connectivity index (χ2n) is 7.21. The van der Waals surface area contributed by atoms with Crippen LogP contribution in [0.4, 0.5) is 10.5 Å². The van der Waals surface area contributed by atoms with E-state index in [2.05, 4.69) is 26.1 Å². The third-order valence-corrected chi connectivity index (χ3v) is 3.71. The summed E-state index contributed by atoms with van der Waals surface area (Å²) in [4.78, 5) is 13.8. The number of carbonyl (C=O) groups is 1. The zero-order chi connectivity index (χ0) is 17.0. The number of anilines is 1. The maximum Gasteiger partial charge on any atom is 0.321 e. The number of nitrogens with one attached hydrogen (secondary N) is 1. The van der Waals surface area contributed by atoms with E-state index in [1.165, 1.54) is 4.90 Å². The zero-order valence-electron chi connectivity index (χ0n) is 14.2. The van der Waals surface area contributed by atoms with Crippen LogP contribution in [0.25, 0.3) is 0 Å². The van der Waals surface area contributed by atoms with Crippen LogP contribution in [0.15, 0.2) is 24.3 Å². The molecule has 0 saturated heterocycles. The van der Waals surface area contributed by atoms with E-state index >= 15 is 0 Å². The van der Waals surface area contributed by atoms with Crippen LogP contribution in [0, 0.1) is 5.41 Å². The maximum atomic E-state index is 12.4. The number of hydrogen-bond acceptors (Lipinski definition) is 3. The number of para-hydroxylation sites is 1. The molecule has 0 saturated carbocycles. The molecule has 5 nitrogen and oxygen atoms in total. The summed E-state index contributed by atoms with van der Waals surface area (Å²) in [6.07, 6.45) is 0. The van der Waals surface area contributed by atoms with Crippen molar-refractivity contribution in [1.82, 2.24) is 4.90 Å². The maximum absolute atomic E-state index is 12.4. The summed E-state index contributed by atoms with van der Waals surface area (Å²) in [6.45, 7) is 7.92. The Kier molecular flexibility index (Phi) is 5.97. The molecule has 0 radical (unpaired) electrons. The second-order valence-corrected chi connectivity index (χ2v) is 7.21. The fourth-order valence-electron chi connectivity index (χ4n) is 2.25. The number of carbonyl (C=O) groups excluding carboxylic acids is 1. The Hall–Kier alpha value is -1.59. The molecule has 0 fully saturated rings. The van der Waals surface area contributed by atoms with Crippen molar-refractivity contribution in [3.05, 3.63) is 29.8 Å². The van der Waals surface area contributed by atoms with Gasteiger partial charge >= 0.3 is 6.03 Å². The fraction of sp³-hybridized carbons (Fsp3) is 0.588. The minimum absolute atomic E-state index is 0.0762. The first-order chi connectivity index (χ1) is 10.1. The molecule has 0 aliphatic carbocycles. The summed E-state index contributed by atoms with van der Waals surface area (Å²) >= 11 is 0. The van der Waals surface area contributed by atoms with Crippen LogP contribution in [-0.2, 0) is 5.41 Å². The molecule has 0 aromatic heterocycles. The summed E-state index contributed by atoms with van der Waals surface area (Å²) in [5, 5.41) is 21.6. The lowest BCUT2D eigenvalue weighted by molar-refractivity contribution is 0.0509. The first-order valence-electron chi connectivity index (χ1n) is 7.46. The van der Waals surface area contributed by atoms with Crippen LogP contribution in [0.5, 0.6) is 0 Å². The quantitative estimate of drug-likeness (QED) is 0.782.